The fraction of sp³-hybridized carbons (Fsp3) is 0.417. The van der Waals surface area contributed by atoms with Crippen LogP contribution in [0.25, 0.3) is 0 Å². The lowest BCUT2D eigenvalue weighted by atomic mass is 10.1. The van der Waals surface area contributed by atoms with Gasteiger partial charge in [-0.1, -0.05) is 24.3 Å². The molecule has 3 N–H and O–H groups in total. The molecule has 0 aliphatic heterocycles. The minimum Gasteiger partial charge on any atom is -0.388 e. The zero-order valence-corrected chi connectivity index (χ0v) is 9.46. The van der Waals surface area contributed by atoms with Crippen molar-refractivity contribution in [1.29, 1.82) is 5.41 Å². The monoisotopic (exact) mass is 205 g/mol. The van der Waals surface area contributed by atoms with E-state index in [1.807, 2.05) is 0 Å². The summed E-state index contributed by atoms with van der Waals surface area (Å²) in [6.45, 7) is 3.87. The molecule has 0 heterocycles. The molecule has 1 aromatic carbocycles. The summed E-state index contributed by atoms with van der Waals surface area (Å²) in [6, 6.07) is 8.36. The average Bonchev–Trinajstić information content (AvgIpc) is 2.18. The second-order valence-electron chi connectivity index (χ2n) is 3.94. The Balaban J connectivity index is 2.47. The van der Waals surface area contributed by atoms with Crippen LogP contribution in [0.15, 0.2) is 24.3 Å². The van der Waals surface area contributed by atoms with E-state index in [1.165, 1.54) is 11.1 Å². The number of nitrogens with two attached hydrogens (primary N) is 1. The Morgan fingerprint density at radius 1 is 1.40 bits per heavy atom. The molecule has 15 heavy (non-hydrogen) atoms. The lowest BCUT2D eigenvalue weighted by Gasteiger charge is -2.17. The molecule has 0 unspecified atom stereocenters. The van der Waals surface area contributed by atoms with Crippen molar-refractivity contribution in [3.05, 3.63) is 35.4 Å². The Bertz CT molecular complexity index is 333. The fourth-order valence-electron chi connectivity index (χ4n) is 1.47. The maximum Gasteiger partial charge on any atom is 0.0918 e. The standard InChI is InChI=1S/C12H19N3/c1-10-5-3-4-6-11(10)9-15(2)8-7-12(13)14/h3-6H,7-9H2,1-2H3,(H3,13,14). The highest BCUT2D eigenvalue weighted by atomic mass is 15.1. The van der Waals surface area contributed by atoms with Crippen molar-refractivity contribution in [1.82, 2.24) is 4.90 Å². The van der Waals surface area contributed by atoms with Gasteiger partial charge in [0.2, 0.25) is 0 Å². The number of hydrogen-bond donors (Lipinski definition) is 2. The lowest BCUT2D eigenvalue weighted by Crippen LogP contribution is -2.24. The maximum atomic E-state index is 7.16. The molecule has 0 atom stereocenters. The number of rotatable bonds is 5. The minimum absolute atomic E-state index is 0.256. The zero-order valence-electron chi connectivity index (χ0n) is 9.46. The molecule has 3 heteroatoms. The summed E-state index contributed by atoms with van der Waals surface area (Å²) < 4.78 is 0. The third-order valence-electron chi connectivity index (χ3n) is 2.46. The van der Waals surface area contributed by atoms with E-state index in [0.29, 0.717) is 6.42 Å². The van der Waals surface area contributed by atoms with Crippen LogP contribution in [0, 0.1) is 12.3 Å². The molecule has 0 amide bonds. The molecule has 82 valence electrons. The van der Waals surface area contributed by atoms with E-state index < -0.39 is 0 Å². The number of aryl methyl sites for hydroxylation is 1. The highest BCUT2D eigenvalue weighted by Gasteiger charge is 2.02. The Hall–Kier alpha value is -1.35. The van der Waals surface area contributed by atoms with Gasteiger partial charge < -0.3 is 10.6 Å². The summed E-state index contributed by atoms with van der Waals surface area (Å²) in [7, 11) is 2.05. The van der Waals surface area contributed by atoms with Crippen LogP contribution in [0.5, 0.6) is 0 Å². The molecular weight excluding hydrogens is 186 g/mol. The normalized spacial score (nSPS) is 10.6. The molecular formula is C12H19N3. The van der Waals surface area contributed by atoms with Gasteiger partial charge in [-0.25, -0.2) is 0 Å². The number of nitrogens with zero attached hydrogens (tertiary/aromatic N) is 1. The number of hydrogen-bond acceptors (Lipinski definition) is 2. The second kappa shape index (κ2) is 5.51. The van der Waals surface area contributed by atoms with Gasteiger partial charge in [-0.2, -0.15) is 0 Å². The predicted molar refractivity (Wildman–Crippen MR) is 64.0 cm³/mol. The van der Waals surface area contributed by atoms with Crippen LogP contribution in [0.2, 0.25) is 0 Å². The average molecular weight is 205 g/mol. The summed E-state index contributed by atoms with van der Waals surface area (Å²) in [5.41, 5.74) is 7.97. The van der Waals surface area contributed by atoms with E-state index in [-0.39, 0.29) is 5.84 Å². The highest BCUT2D eigenvalue weighted by molar-refractivity contribution is 5.76. The van der Waals surface area contributed by atoms with Crippen LogP contribution < -0.4 is 5.73 Å². The molecule has 0 saturated heterocycles. The Kier molecular flexibility index (Phi) is 4.31. The van der Waals surface area contributed by atoms with Gasteiger partial charge in [-0.05, 0) is 25.1 Å². The summed E-state index contributed by atoms with van der Waals surface area (Å²) >= 11 is 0. The van der Waals surface area contributed by atoms with Crippen molar-refractivity contribution in [2.45, 2.75) is 19.9 Å². The second-order valence-corrected chi connectivity index (χ2v) is 3.94. The highest BCUT2D eigenvalue weighted by Crippen LogP contribution is 2.09. The molecule has 0 aliphatic carbocycles. The summed E-state index contributed by atoms with van der Waals surface area (Å²) in [4.78, 5) is 2.18. The molecule has 0 saturated carbocycles. The number of nitrogens with one attached hydrogen (secondary N) is 1. The molecule has 3 nitrogen and oxygen atoms in total. The maximum absolute atomic E-state index is 7.16. The SMILES string of the molecule is Cc1ccccc1CN(C)CCC(=N)N. The van der Waals surface area contributed by atoms with Gasteiger partial charge in [0.1, 0.15) is 0 Å². The van der Waals surface area contributed by atoms with Crippen LogP contribution in [0.4, 0.5) is 0 Å². The van der Waals surface area contributed by atoms with Gasteiger partial charge >= 0.3 is 0 Å². The fourth-order valence-corrected chi connectivity index (χ4v) is 1.47. The van der Waals surface area contributed by atoms with Gasteiger partial charge in [0.05, 0.1) is 5.84 Å². The van der Waals surface area contributed by atoms with Crippen LogP contribution >= 0.6 is 0 Å². The van der Waals surface area contributed by atoms with E-state index >= 15 is 0 Å². The zero-order chi connectivity index (χ0) is 11.3. The molecule has 0 spiro atoms. The lowest BCUT2D eigenvalue weighted by molar-refractivity contribution is 0.336. The number of amidine groups is 1. The van der Waals surface area contributed by atoms with E-state index in [0.717, 1.165) is 13.1 Å². The van der Waals surface area contributed by atoms with Crippen molar-refractivity contribution in [2.24, 2.45) is 5.73 Å². The van der Waals surface area contributed by atoms with Crippen LogP contribution in [0.3, 0.4) is 0 Å². The van der Waals surface area contributed by atoms with Gasteiger partial charge in [0.15, 0.2) is 0 Å². The van der Waals surface area contributed by atoms with Crippen molar-refractivity contribution in [3.8, 4) is 0 Å². The van der Waals surface area contributed by atoms with Crippen molar-refractivity contribution >= 4 is 5.84 Å². The summed E-state index contributed by atoms with van der Waals surface area (Å²) in [5, 5.41) is 7.16. The van der Waals surface area contributed by atoms with E-state index in [2.05, 4.69) is 43.1 Å². The van der Waals surface area contributed by atoms with Crippen LogP contribution in [-0.2, 0) is 6.54 Å². The largest absolute Gasteiger partial charge is 0.388 e. The first kappa shape index (κ1) is 11.7. The van der Waals surface area contributed by atoms with Crippen molar-refractivity contribution in [2.75, 3.05) is 13.6 Å². The Morgan fingerprint density at radius 3 is 2.67 bits per heavy atom. The minimum atomic E-state index is 0.256. The van der Waals surface area contributed by atoms with Crippen LogP contribution in [0.1, 0.15) is 17.5 Å². The Morgan fingerprint density at radius 2 is 2.07 bits per heavy atom. The molecule has 0 bridgehead atoms. The first-order valence-electron chi connectivity index (χ1n) is 5.15. The molecule has 0 aromatic heterocycles. The smallest absolute Gasteiger partial charge is 0.0918 e. The number of benzene rings is 1. The Labute approximate surface area is 91.4 Å². The molecule has 0 fully saturated rings. The first-order chi connectivity index (χ1) is 7.09. The quantitative estimate of drug-likeness (QED) is 0.568. The van der Waals surface area contributed by atoms with E-state index in [1.54, 1.807) is 0 Å². The van der Waals surface area contributed by atoms with E-state index in [4.69, 9.17) is 11.1 Å². The topological polar surface area (TPSA) is 53.1 Å². The van der Waals surface area contributed by atoms with Gasteiger partial charge in [0.25, 0.3) is 0 Å². The summed E-state index contributed by atoms with van der Waals surface area (Å²) in [6.07, 6.45) is 0.641. The first-order valence-corrected chi connectivity index (χ1v) is 5.15. The van der Waals surface area contributed by atoms with E-state index in [9.17, 15) is 0 Å². The van der Waals surface area contributed by atoms with Gasteiger partial charge in [-0.15, -0.1) is 0 Å². The van der Waals surface area contributed by atoms with Crippen LogP contribution in [-0.4, -0.2) is 24.3 Å². The summed E-state index contributed by atoms with van der Waals surface area (Å²) in [5.74, 6) is 0.256. The van der Waals surface area contributed by atoms with Gasteiger partial charge in [-0.3, -0.25) is 5.41 Å². The molecule has 1 aromatic rings. The van der Waals surface area contributed by atoms with Crippen molar-refractivity contribution < 1.29 is 0 Å². The molecule has 0 radical (unpaired) electrons. The van der Waals surface area contributed by atoms with Gasteiger partial charge in [0, 0.05) is 19.5 Å². The molecule has 1 rings (SSSR count). The third kappa shape index (κ3) is 4.13. The predicted octanol–water partition coefficient (Wildman–Crippen LogP) is 1.75. The third-order valence-corrected chi connectivity index (χ3v) is 2.46. The molecule has 0 aliphatic rings. The van der Waals surface area contributed by atoms with Crippen molar-refractivity contribution in [3.63, 3.8) is 0 Å².